The van der Waals surface area contributed by atoms with Crippen LogP contribution in [0, 0.1) is 5.92 Å². The molecule has 18 heavy (non-hydrogen) atoms. The number of pyridine rings is 1. The lowest BCUT2D eigenvalue weighted by Gasteiger charge is -2.21. The highest BCUT2D eigenvalue weighted by Crippen LogP contribution is 2.10. The molecule has 4 heteroatoms. The van der Waals surface area contributed by atoms with Crippen molar-refractivity contribution in [2.75, 3.05) is 32.9 Å². The van der Waals surface area contributed by atoms with Crippen LogP contribution in [0.15, 0.2) is 18.3 Å². The molecule has 1 N–H and O–H groups in total. The molecule has 1 aliphatic rings. The first kappa shape index (κ1) is 13.5. The second kappa shape index (κ2) is 6.83. The number of aromatic nitrogens is 1. The molecule has 1 aromatic heterocycles. The average Bonchev–Trinajstić information content (AvgIpc) is 2.65. The quantitative estimate of drug-likeness (QED) is 0.868. The zero-order valence-corrected chi connectivity index (χ0v) is 11.0. The summed E-state index contributed by atoms with van der Waals surface area (Å²) in [7, 11) is 0. The molecular weight excluding hydrogens is 228 g/mol. The van der Waals surface area contributed by atoms with E-state index >= 15 is 0 Å². The molecule has 1 fully saturated rings. The highest BCUT2D eigenvalue weighted by molar-refractivity contribution is 5.13. The highest BCUT2D eigenvalue weighted by Gasteiger charge is 2.18. The maximum absolute atomic E-state index is 9.25. The molecule has 100 valence electrons. The average molecular weight is 250 g/mol. The third kappa shape index (κ3) is 3.77. The van der Waals surface area contributed by atoms with Gasteiger partial charge >= 0.3 is 0 Å². The van der Waals surface area contributed by atoms with E-state index in [1.54, 1.807) is 0 Å². The van der Waals surface area contributed by atoms with Crippen molar-refractivity contribution < 1.29 is 9.84 Å². The van der Waals surface area contributed by atoms with Gasteiger partial charge in [0.2, 0.25) is 0 Å². The Morgan fingerprint density at radius 1 is 1.50 bits per heavy atom. The summed E-state index contributed by atoms with van der Waals surface area (Å²) in [6.07, 6.45) is 2.98. The van der Waals surface area contributed by atoms with Gasteiger partial charge in [0.25, 0.3) is 0 Å². The molecule has 0 unspecified atom stereocenters. The normalized spacial score (nSPS) is 21.8. The SMILES string of the molecule is CCc1ccc(CN2CCOC[C@@H](CO)C2)nc1. The van der Waals surface area contributed by atoms with Gasteiger partial charge in [-0.2, -0.15) is 0 Å². The number of aliphatic hydroxyl groups is 1. The van der Waals surface area contributed by atoms with E-state index in [9.17, 15) is 5.11 Å². The Morgan fingerprint density at radius 2 is 2.39 bits per heavy atom. The van der Waals surface area contributed by atoms with Gasteiger partial charge < -0.3 is 9.84 Å². The molecule has 1 aromatic rings. The second-order valence-corrected chi connectivity index (χ2v) is 4.87. The summed E-state index contributed by atoms with van der Waals surface area (Å²) in [5.74, 6) is 0.224. The first-order valence-corrected chi connectivity index (χ1v) is 6.66. The zero-order valence-electron chi connectivity index (χ0n) is 11.0. The van der Waals surface area contributed by atoms with Gasteiger partial charge in [0.1, 0.15) is 0 Å². The predicted octanol–water partition coefficient (Wildman–Crippen LogP) is 1.08. The lowest BCUT2D eigenvalue weighted by atomic mass is 10.1. The van der Waals surface area contributed by atoms with Crippen LogP contribution in [0.3, 0.4) is 0 Å². The van der Waals surface area contributed by atoms with Crippen molar-refractivity contribution in [1.82, 2.24) is 9.88 Å². The lowest BCUT2D eigenvalue weighted by Crippen LogP contribution is -2.31. The Balaban J connectivity index is 1.93. The van der Waals surface area contributed by atoms with Crippen LogP contribution in [0.25, 0.3) is 0 Å². The Kier molecular flexibility index (Phi) is 5.11. The van der Waals surface area contributed by atoms with Crippen molar-refractivity contribution in [2.24, 2.45) is 5.92 Å². The van der Waals surface area contributed by atoms with Crippen molar-refractivity contribution >= 4 is 0 Å². The van der Waals surface area contributed by atoms with Crippen LogP contribution in [-0.4, -0.2) is 47.9 Å². The molecule has 4 nitrogen and oxygen atoms in total. The standard InChI is InChI=1S/C14H22N2O2/c1-2-12-3-4-14(15-7-12)9-16-5-6-18-11-13(8-16)10-17/h3-4,7,13,17H,2,5-6,8-11H2,1H3/t13-/m1/s1. The summed E-state index contributed by atoms with van der Waals surface area (Å²) in [5, 5.41) is 9.25. The molecule has 1 atom stereocenters. The van der Waals surface area contributed by atoms with Crippen molar-refractivity contribution in [1.29, 1.82) is 0 Å². The van der Waals surface area contributed by atoms with Gasteiger partial charge in [-0.3, -0.25) is 9.88 Å². The highest BCUT2D eigenvalue weighted by atomic mass is 16.5. The molecule has 1 aliphatic heterocycles. The zero-order chi connectivity index (χ0) is 12.8. The van der Waals surface area contributed by atoms with Crippen LogP contribution in [0.5, 0.6) is 0 Å². The molecule has 0 saturated carbocycles. The van der Waals surface area contributed by atoms with E-state index in [4.69, 9.17) is 4.74 Å². The van der Waals surface area contributed by atoms with Crippen LogP contribution < -0.4 is 0 Å². The number of hydrogen-bond acceptors (Lipinski definition) is 4. The first-order chi connectivity index (χ1) is 8.81. The summed E-state index contributed by atoms with van der Waals surface area (Å²) in [6, 6.07) is 4.23. The fraction of sp³-hybridized carbons (Fsp3) is 0.643. The minimum Gasteiger partial charge on any atom is -0.396 e. The van der Waals surface area contributed by atoms with Crippen LogP contribution in [0.2, 0.25) is 0 Å². The Labute approximate surface area is 109 Å². The van der Waals surface area contributed by atoms with Crippen molar-refractivity contribution in [2.45, 2.75) is 19.9 Å². The summed E-state index contributed by atoms with van der Waals surface area (Å²) >= 11 is 0. The predicted molar refractivity (Wildman–Crippen MR) is 70.3 cm³/mol. The maximum atomic E-state index is 9.25. The first-order valence-electron chi connectivity index (χ1n) is 6.66. The minimum absolute atomic E-state index is 0.193. The van der Waals surface area contributed by atoms with Crippen LogP contribution in [0.1, 0.15) is 18.2 Å². The van der Waals surface area contributed by atoms with Crippen molar-refractivity contribution in [3.63, 3.8) is 0 Å². The van der Waals surface area contributed by atoms with E-state index in [0.717, 1.165) is 38.4 Å². The van der Waals surface area contributed by atoms with E-state index in [-0.39, 0.29) is 12.5 Å². The minimum atomic E-state index is 0.193. The van der Waals surface area contributed by atoms with E-state index in [1.165, 1.54) is 5.56 Å². The molecule has 0 amide bonds. The Bertz CT molecular complexity index is 353. The molecule has 0 aromatic carbocycles. The van der Waals surface area contributed by atoms with E-state index in [1.807, 2.05) is 6.20 Å². The van der Waals surface area contributed by atoms with Crippen molar-refractivity contribution in [3.8, 4) is 0 Å². The topological polar surface area (TPSA) is 45.6 Å². The number of rotatable bonds is 4. The van der Waals surface area contributed by atoms with Gasteiger partial charge in [0.05, 0.1) is 18.9 Å². The number of ether oxygens (including phenoxy) is 1. The van der Waals surface area contributed by atoms with Gasteiger partial charge in [-0.1, -0.05) is 13.0 Å². The van der Waals surface area contributed by atoms with Gasteiger partial charge in [-0.15, -0.1) is 0 Å². The molecule has 0 radical (unpaired) electrons. The van der Waals surface area contributed by atoms with Gasteiger partial charge in [0, 0.05) is 38.4 Å². The molecule has 1 saturated heterocycles. The fourth-order valence-corrected chi connectivity index (χ4v) is 2.19. The number of aliphatic hydroxyl groups excluding tert-OH is 1. The smallest absolute Gasteiger partial charge is 0.0593 e. The largest absolute Gasteiger partial charge is 0.396 e. The second-order valence-electron chi connectivity index (χ2n) is 4.87. The molecule has 0 spiro atoms. The number of aryl methyl sites for hydroxylation is 1. The monoisotopic (exact) mass is 250 g/mol. The summed E-state index contributed by atoms with van der Waals surface area (Å²) in [4.78, 5) is 6.79. The molecule has 2 heterocycles. The van der Waals surface area contributed by atoms with Gasteiger partial charge in [0.15, 0.2) is 0 Å². The fourth-order valence-electron chi connectivity index (χ4n) is 2.19. The summed E-state index contributed by atoms with van der Waals surface area (Å²) < 4.78 is 5.48. The summed E-state index contributed by atoms with van der Waals surface area (Å²) in [6.45, 7) is 6.36. The Hall–Kier alpha value is -0.970. The van der Waals surface area contributed by atoms with Gasteiger partial charge in [-0.05, 0) is 18.1 Å². The van der Waals surface area contributed by atoms with E-state index < -0.39 is 0 Å². The third-order valence-corrected chi connectivity index (χ3v) is 3.36. The molecule has 0 aliphatic carbocycles. The van der Waals surface area contributed by atoms with E-state index in [0.29, 0.717) is 6.61 Å². The summed E-state index contributed by atoms with van der Waals surface area (Å²) in [5.41, 5.74) is 2.36. The van der Waals surface area contributed by atoms with E-state index in [2.05, 4.69) is 28.9 Å². The third-order valence-electron chi connectivity index (χ3n) is 3.36. The number of hydrogen-bond donors (Lipinski definition) is 1. The molecule has 2 rings (SSSR count). The Morgan fingerprint density at radius 3 is 3.06 bits per heavy atom. The lowest BCUT2D eigenvalue weighted by molar-refractivity contribution is 0.0958. The van der Waals surface area contributed by atoms with Crippen LogP contribution >= 0.6 is 0 Å². The number of nitrogens with zero attached hydrogens (tertiary/aromatic N) is 2. The maximum Gasteiger partial charge on any atom is 0.0593 e. The van der Waals surface area contributed by atoms with Gasteiger partial charge in [-0.25, -0.2) is 0 Å². The van der Waals surface area contributed by atoms with Crippen LogP contribution in [-0.2, 0) is 17.7 Å². The van der Waals surface area contributed by atoms with Crippen molar-refractivity contribution in [3.05, 3.63) is 29.6 Å². The molecular formula is C14H22N2O2. The molecule has 0 bridgehead atoms. The van der Waals surface area contributed by atoms with Crippen LogP contribution in [0.4, 0.5) is 0 Å².